The number of ether oxygens (including phenoxy) is 1. The lowest BCUT2D eigenvalue weighted by molar-refractivity contribution is -0.00642. The average Bonchev–Trinajstić information content (AvgIpc) is 2.84. The van der Waals surface area contributed by atoms with Crippen molar-refractivity contribution in [1.82, 2.24) is 20.0 Å². The maximum absolute atomic E-state index is 9.96. The highest BCUT2D eigenvalue weighted by molar-refractivity contribution is 5.36. The summed E-state index contributed by atoms with van der Waals surface area (Å²) in [5, 5.41) is 25.4. The Kier molecular flexibility index (Phi) is 4.31. The van der Waals surface area contributed by atoms with Crippen LogP contribution in [0.3, 0.4) is 0 Å². The van der Waals surface area contributed by atoms with Crippen molar-refractivity contribution in [3.8, 4) is 5.82 Å². The zero-order valence-corrected chi connectivity index (χ0v) is 11.9. The van der Waals surface area contributed by atoms with E-state index in [1.807, 2.05) is 25.3 Å². The Bertz CT molecular complexity index is 550. The molecule has 2 aromatic heterocycles. The van der Waals surface area contributed by atoms with Gasteiger partial charge in [0.05, 0.1) is 12.3 Å². The Morgan fingerprint density at radius 1 is 1.35 bits per heavy atom. The number of anilines is 1. The van der Waals surface area contributed by atoms with Gasteiger partial charge in [-0.25, -0.2) is 4.68 Å². The van der Waals surface area contributed by atoms with Gasteiger partial charge in [0.2, 0.25) is 0 Å². The molecule has 7 nitrogen and oxygen atoms in total. The van der Waals surface area contributed by atoms with Crippen LogP contribution < -0.4 is 5.32 Å². The number of rotatable bonds is 6. The van der Waals surface area contributed by atoms with Crippen LogP contribution in [0.5, 0.6) is 0 Å². The quantitative estimate of drug-likeness (QED) is 0.811. The number of hydrogen-bond donors (Lipinski definition) is 2. The van der Waals surface area contributed by atoms with Crippen molar-refractivity contribution in [3.05, 3.63) is 30.1 Å². The van der Waals surface area contributed by atoms with E-state index in [1.165, 1.54) is 0 Å². The van der Waals surface area contributed by atoms with Crippen LogP contribution in [-0.4, -0.2) is 50.9 Å². The molecule has 0 aromatic carbocycles. The molecule has 0 aliphatic carbocycles. The number of nitrogens with zero attached hydrogens (tertiary/aromatic N) is 4. The third-order valence-corrected chi connectivity index (χ3v) is 2.71. The molecule has 0 aliphatic heterocycles. The van der Waals surface area contributed by atoms with Crippen molar-refractivity contribution in [2.45, 2.75) is 19.4 Å². The minimum Gasteiger partial charge on any atom is -0.386 e. The van der Waals surface area contributed by atoms with E-state index in [0.717, 1.165) is 5.69 Å². The first-order valence-corrected chi connectivity index (χ1v) is 6.32. The first kappa shape index (κ1) is 14.4. The molecule has 0 fully saturated rings. The molecule has 2 N–H and O–H groups in total. The summed E-state index contributed by atoms with van der Waals surface area (Å²) in [5.41, 5.74) is -0.0293. The first-order valence-electron chi connectivity index (χ1n) is 6.32. The van der Waals surface area contributed by atoms with Crippen molar-refractivity contribution in [3.63, 3.8) is 0 Å². The van der Waals surface area contributed by atoms with Crippen molar-refractivity contribution < 1.29 is 9.84 Å². The number of hydrogen-bond acceptors (Lipinski definition) is 6. The number of aliphatic hydroxyl groups is 1. The first-order chi connectivity index (χ1) is 9.50. The normalized spacial score (nSPS) is 14.0. The summed E-state index contributed by atoms with van der Waals surface area (Å²) in [5.74, 6) is 1.24. The lowest BCUT2D eigenvalue weighted by atomic mass is 10.1. The number of nitrogens with one attached hydrogen (secondary N) is 1. The van der Waals surface area contributed by atoms with Crippen molar-refractivity contribution in [2.75, 3.05) is 25.6 Å². The Morgan fingerprint density at radius 2 is 2.15 bits per heavy atom. The van der Waals surface area contributed by atoms with E-state index < -0.39 is 5.60 Å². The second kappa shape index (κ2) is 5.98. The number of methoxy groups -OCH3 is 1. The molecule has 2 heterocycles. The number of aromatic nitrogens is 4. The van der Waals surface area contributed by atoms with E-state index >= 15 is 0 Å². The van der Waals surface area contributed by atoms with Gasteiger partial charge in [0.1, 0.15) is 11.4 Å². The fourth-order valence-corrected chi connectivity index (χ4v) is 1.73. The molecule has 20 heavy (non-hydrogen) atoms. The summed E-state index contributed by atoms with van der Waals surface area (Å²) in [6.45, 7) is 4.18. The summed E-state index contributed by atoms with van der Waals surface area (Å²) < 4.78 is 6.60. The molecule has 2 aromatic rings. The minimum atomic E-state index is -0.950. The van der Waals surface area contributed by atoms with Gasteiger partial charge in [-0.1, -0.05) is 0 Å². The molecule has 0 radical (unpaired) electrons. The van der Waals surface area contributed by atoms with Crippen LogP contribution in [0.4, 0.5) is 5.82 Å². The zero-order chi connectivity index (χ0) is 14.6. The van der Waals surface area contributed by atoms with Gasteiger partial charge in [-0.15, -0.1) is 10.2 Å². The molecule has 0 amide bonds. The van der Waals surface area contributed by atoms with E-state index in [4.69, 9.17) is 4.74 Å². The average molecular weight is 277 g/mol. The Hall–Kier alpha value is -1.99. The van der Waals surface area contributed by atoms with E-state index in [9.17, 15) is 5.11 Å². The van der Waals surface area contributed by atoms with Gasteiger partial charge in [-0.05, 0) is 32.0 Å². The highest BCUT2D eigenvalue weighted by atomic mass is 16.5. The molecular weight excluding hydrogens is 258 g/mol. The molecule has 0 bridgehead atoms. The standard InChI is InChI=1S/C13H19N5O2/c1-10-6-7-18(17-10)12-5-4-11(15-16-12)14-8-13(2,19)9-20-3/h4-7,19H,8-9H2,1-3H3,(H,14,15)/t13-/m0/s1. The Balaban J connectivity index is 1.98. The summed E-state index contributed by atoms with van der Waals surface area (Å²) in [4.78, 5) is 0. The van der Waals surface area contributed by atoms with Gasteiger partial charge in [0.25, 0.3) is 0 Å². The second-order valence-corrected chi connectivity index (χ2v) is 4.96. The highest BCUT2D eigenvalue weighted by Crippen LogP contribution is 2.09. The van der Waals surface area contributed by atoms with E-state index in [-0.39, 0.29) is 6.61 Å². The molecule has 0 aliphatic rings. The molecule has 0 unspecified atom stereocenters. The van der Waals surface area contributed by atoms with Crippen LogP contribution in [0.25, 0.3) is 5.82 Å². The van der Waals surface area contributed by atoms with Crippen LogP contribution in [-0.2, 0) is 4.74 Å². The third kappa shape index (κ3) is 3.75. The molecule has 0 saturated heterocycles. The second-order valence-electron chi connectivity index (χ2n) is 4.96. The van der Waals surface area contributed by atoms with Gasteiger partial charge in [0.15, 0.2) is 5.82 Å². The molecule has 0 spiro atoms. The van der Waals surface area contributed by atoms with Crippen LogP contribution >= 0.6 is 0 Å². The Labute approximate surface area is 117 Å². The van der Waals surface area contributed by atoms with Crippen LogP contribution in [0.15, 0.2) is 24.4 Å². The monoisotopic (exact) mass is 277 g/mol. The summed E-state index contributed by atoms with van der Waals surface area (Å²) in [6.07, 6.45) is 1.83. The van der Waals surface area contributed by atoms with Crippen molar-refractivity contribution in [1.29, 1.82) is 0 Å². The fourth-order valence-electron chi connectivity index (χ4n) is 1.73. The zero-order valence-electron chi connectivity index (χ0n) is 11.9. The van der Waals surface area contributed by atoms with Gasteiger partial charge in [-0.3, -0.25) is 0 Å². The van der Waals surface area contributed by atoms with Crippen LogP contribution in [0.2, 0.25) is 0 Å². The Morgan fingerprint density at radius 3 is 2.70 bits per heavy atom. The maximum Gasteiger partial charge on any atom is 0.175 e. The largest absolute Gasteiger partial charge is 0.386 e. The van der Waals surface area contributed by atoms with Gasteiger partial charge in [-0.2, -0.15) is 5.10 Å². The van der Waals surface area contributed by atoms with E-state index in [1.54, 1.807) is 24.8 Å². The van der Waals surface area contributed by atoms with E-state index in [2.05, 4.69) is 20.6 Å². The summed E-state index contributed by atoms with van der Waals surface area (Å²) >= 11 is 0. The van der Waals surface area contributed by atoms with Crippen LogP contribution in [0, 0.1) is 6.92 Å². The highest BCUT2D eigenvalue weighted by Gasteiger charge is 2.19. The summed E-state index contributed by atoms with van der Waals surface area (Å²) in [6, 6.07) is 5.50. The van der Waals surface area contributed by atoms with Gasteiger partial charge >= 0.3 is 0 Å². The predicted octanol–water partition coefficient (Wildman–Crippen LogP) is 0.780. The van der Waals surface area contributed by atoms with Crippen molar-refractivity contribution in [2.24, 2.45) is 0 Å². The maximum atomic E-state index is 9.96. The SMILES string of the molecule is COC[C@@](C)(O)CNc1ccc(-n2ccc(C)n2)nn1. The molecular formula is C13H19N5O2. The number of aryl methyl sites for hydroxylation is 1. The third-order valence-electron chi connectivity index (χ3n) is 2.71. The molecule has 108 valence electrons. The molecule has 2 rings (SSSR count). The van der Waals surface area contributed by atoms with Gasteiger partial charge in [0, 0.05) is 19.9 Å². The van der Waals surface area contributed by atoms with Crippen molar-refractivity contribution >= 4 is 5.82 Å². The predicted molar refractivity (Wildman–Crippen MR) is 74.9 cm³/mol. The molecule has 0 saturated carbocycles. The molecule has 1 atom stereocenters. The summed E-state index contributed by atoms with van der Waals surface area (Å²) in [7, 11) is 1.55. The fraction of sp³-hybridized carbons (Fsp3) is 0.462. The minimum absolute atomic E-state index is 0.248. The lowest BCUT2D eigenvalue weighted by Gasteiger charge is -2.22. The van der Waals surface area contributed by atoms with Gasteiger partial charge < -0.3 is 15.2 Å². The van der Waals surface area contributed by atoms with E-state index in [0.29, 0.717) is 18.2 Å². The topological polar surface area (TPSA) is 85.1 Å². The van der Waals surface area contributed by atoms with Crippen LogP contribution in [0.1, 0.15) is 12.6 Å². The molecule has 7 heteroatoms. The smallest absolute Gasteiger partial charge is 0.175 e. The lowest BCUT2D eigenvalue weighted by Crippen LogP contribution is -2.38.